The fraction of sp³-hybridized carbons (Fsp3) is 0.100. The van der Waals surface area contributed by atoms with Crippen molar-refractivity contribution in [3.05, 3.63) is 78.0 Å². The monoisotopic (exact) mass is 399 g/mol. The lowest BCUT2D eigenvalue weighted by atomic mass is 10.1. The van der Waals surface area contributed by atoms with Gasteiger partial charge in [-0.3, -0.25) is 0 Å². The number of hydrogen-bond acceptors (Lipinski definition) is 7. The topological polar surface area (TPSA) is 91.8 Å². The van der Waals surface area contributed by atoms with Crippen LogP contribution in [-0.4, -0.2) is 26.5 Å². The minimum absolute atomic E-state index is 0.107. The number of carbonyl (C=O) groups excluding carboxylic acids is 1. The number of rotatable bonds is 6. The molecule has 0 N–H and O–H groups in total. The Morgan fingerprint density at radius 1 is 0.964 bits per heavy atom. The van der Waals surface area contributed by atoms with Gasteiger partial charge in [0.25, 0.3) is 0 Å². The first kappa shape index (κ1) is 19.4. The summed E-state index contributed by atoms with van der Waals surface area (Å²) in [5.74, 6) is 0.370. The van der Waals surface area contributed by atoms with Crippen molar-refractivity contribution >= 4 is 16.1 Å². The largest absolute Gasteiger partial charge is 0.465 e. The lowest BCUT2D eigenvalue weighted by Crippen LogP contribution is -2.13. The second-order valence-corrected chi connectivity index (χ2v) is 7.27. The van der Waals surface area contributed by atoms with Gasteiger partial charge in [0, 0.05) is 12.3 Å². The number of pyridine rings is 1. The zero-order chi connectivity index (χ0) is 20.1. The number of hydrogen-bond donors (Lipinski definition) is 0. The summed E-state index contributed by atoms with van der Waals surface area (Å²) in [6.07, 6.45) is 1.60. The second kappa shape index (κ2) is 8.10. The molecule has 0 spiro atoms. The zero-order valence-corrected chi connectivity index (χ0v) is 16.0. The maximum absolute atomic E-state index is 12.6. The van der Waals surface area contributed by atoms with E-state index in [1.807, 2.05) is 0 Å². The highest BCUT2D eigenvalue weighted by Crippen LogP contribution is 2.26. The molecule has 0 saturated heterocycles. The van der Waals surface area contributed by atoms with E-state index in [0.717, 1.165) is 0 Å². The van der Waals surface area contributed by atoms with Crippen molar-refractivity contribution in [1.29, 1.82) is 0 Å². The SMILES string of the molecule is COC(=O)c1ccc(C)c(S(=O)(=O)Oc2ccc(Oc3ccccn3)cc2)c1. The van der Waals surface area contributed by atoms with Gasteiger partial charge in [-0.2, -0.15) is 8.42 Å². The normalized spacial score (nSPS) is 10.9. The lowest BCUT2D eigenvalue weighted by Gasteiger charge is -2.11. The summed E-state index contributed by atoms with van der Waals surface area (Å²) in [5.41, 5.74) is 0.567. The molecule has 3 aromatic rings. The highest BCUT2D eigenvalue weighted by atomic mass is 32.2. The number of esters is 1. The van der Waals surface area contributed by atoms with Crippen LogP contribution in [0.4, 0.5) is 0 Å². The fourth-order valence-electron chi connectivity index (χ4n) is 2.38. The molecule has 1 aromatic heterocycles. The zero-order valence-electron chi connectivity index (χ0n) is 15.2. The van der Waals surface area contributed by atoms with E-state index in [9.17, 15) is 13.2 Å². The molecule has 0 fully saturated rings. The Kier molecular flexibility index (Phi) is 5.60. The molecule has 0 saturated carbocycles. The first-order chi connectivity index (χ1) is 13.4. The summed E-state index contributed by atoms with van der Waals surface area (Å²) in [6, 6.07) is 15.6. The molecule has 28 heavy (non-hydrogen) atoms. The third kappa shape index (κ3) is 4.47. The number of methoxy groups -OCH3 is 1. The van der Waals surface area contributed by atoms with Crippen molar-refractivity contribution in [2.75, 3.05) is 7.11 Å². The van der Waals surface area contributed by atoms with E-state index in [2.05, 4.69) is 9.72 Å². The van der Waals surface area contributed by atoms with Crippen LogP contribution < -0.4 is 8.92 Å². The average molecular weight is 399 g/mol. The van der Waals surface area contributed by atoms with E-state index in [0.29, 0.717) is 17.2 Å². The summed E-state index contributed by atoms with van der Waals surface area (Å²) in [5, 5.41) is 0. The molecule has 3 rings (SSSR count). The van der Waals surface area contributed by atoms with Gasteiger partial charge >= 0.3 is 16.1 Å². The number of benzene rings is 2. The van der Waals surface area contributed by atoms with Gasteiger partial charge in [-0.15, -0.1) is 0 Å². The van der Waals surface area contributed by atoms with Gasteiger partial charge in [0.15, 0.2) is 0 Å². The third-order valence-electron chi connectivity index (χ3n) is 3.77. The Balaban J connectivity index is 1.80. The minimum Gasteiger partial charge on any atom is -0.465 e. The molecule has 0 amide bonds. The van der Waals surface area contributed by atoms with E-state index in [-0.39, 0.29) is 16.2 Å². The van der Waals surface area contributed by atoms with Gasteiger partial charge in [-0.05, 0) is 55.0 Å². The molecular weight excluding hydrogens is 382 g/mol. The van der Waals surface area contributed by atoms with Crippen molar-refractivity contribution in [2.24, 2.45) is 0 Å². The van der Waals surface area contributed by atoms with E-state index in [4.69, 9.17) is 8.92 Å². The second-order valence-electron chi connectivity index (χ2n) is 5.75. The van der Waals surface area contributed by atoms with Crippen LogP contribution in [0.2, 0.25) is 0 Å². The molecule has 8 heteroatoms. The molecule has 7 nitrogen and oxygen atoms in total. The summed E-state index contributed by atoms with van der Waals surface area (Å²) >= 11 is 0. The van der Waals surface area contributed by atoms with Crippen molar-refractivity contribution in [3.8, 4) is 17.4 Å². The van der Waals surface area contributed by atoms with Crippen LogP contribution >= 0.6 is 0 Å². The Morgan fingerprint density at radius 3 is 2.32 bits per heavy atom. The average Bonchev–Trinajstić information content (AvgIpc) is 2.69. The summed E-state index contributed by atoms with van der Waals surface area (Å²) < 4.78 is 40.7. The molecule has 1 heterocycles. The molecule has 0 unspecified atom stereocenters. The molecule has 0 radical (unpaired) electrons. The molecule has 0 atom stereocenters. The van der Waals surface area contributed by atoms with Gasteiger partial charge in [-0.25, -0.2) is 9.78 Å². The van der Waals surface area contributed by atoms with Crippen LogP contribution in [0.5, 0.6) is 17.4 Å². The summed E-state index contributed by atoms with van der Waals surface area (Å²) in [4.78, 5) is 15.6. The van der Waals surface area contributed by atoms with Crippen LogP contribution in [-0.2, 0) is 14.9 Å². The number of ether oxygens (including phenoxy) is 2. The fourth-order valence-corrected chi connectivity index (χ4v) is 3.57. The molecule has 0 aliphatic heterocycles. The molecular formula is C20H17NO6S. The van der Waals surface area contributed by atoms with Gasteiger partial charge < -0.3 is 13.7 Å². The smallest absolute Gasteiger partial charge is 0.339 e. The number of carbonyl (C=O) groups is 1. The standard InChI is InChI=1S/C20H17NO6S/c1-14-6-7-15(20(22)25-2)13-18(14)28(23,24)27-17-10-8-16(9-11-17)26-19-5-3-4-12-21-19/h3-13H,1-2H3. The van der Waals surface area contributed by atoms with Crippen LogP contribution in [0.25, 0.3) is 0 Å². The Bertz CT molecular complexity index is 1080. The van der Waals surface area contributed by atoms with Gasteiger partial charge in [0.1, 0.15) is 16.4 Å². The van der Waals surface area contributed by atoms with Crippen molar-refractivity contribution in [1.82, 2.24) is 4.98 Å². The predicted molar refractivity (Wildman–Crippen MR) is 101 cm³/mol. The molecule has 144 valence electrons. The molecule has 2 aromatic carbocycles. The maximum atomic E-state index is 12.6. The summed E-state index contributed by atoms with van der Waals surface area (Å²) in [6.45, 7) is 1.61. The molecule has 0 aliphatic carbocycles. The van der Waals surface area contributed by atoms with E-state index >= 15 is 0 Å². The van der Waals surface area contributed by atoms with Crippen LogP contribution in [0.3, 0.4) is 0 Å². The number of nitrogens with zero attached hydrogens (tertiary/aromatic N) is 1. The van der Waals surface area contributed by atoms with Crippen molar-refractivity contribution in [3.63, 3.8) is 0 Å². The van der Waals surface area contributed by atoms with Crippen molar-refractivity contribution < 1.29 is 26.9 Å². The van der Waals surface area contributed by atoms with Gasteiger partial charge in [-0.1, -0.05) is 12.1 Å². The number of aromatic nitrogens is 1. The Hall–Kier alpha value is -3.39. The number of aryl methyl sites for hydroxylation is 1. The van der Waals surface area contributed by atoms with Gasteiger partial charge in [0.05, 0.1) is 12.7 Å². The Labute approximate surface area is 162 Å². The van der Waals surface area contributed by atoms with Gasteiger partial charge in [0.2, 0.25) is 5.88 Å². The highest BCUT2D eigenvalue weighted by molar-refractivity contribution is 7.87. The van der Waals surface area contributed by atoms with Crippen LogP contribution in [0, 0.1) is 6.92 Å². The van der Waals surface area contributed by atoms with E-state index < -0.39 is 16.1 Å². The first-order valence-corrected chi connectivity index (χ1v) is 9.62. The van der Waals surface area contributed by atoms with E-state index in [1.165, 1.54) is 37.4 Å². The maximum Gasteiger partial charge on any atom is 0.339 e. The van der Waals surface area contributed by atoms with Crippen molar-refractivity contribution in [2.45, 2.75) is 11.8 Å². The molecule has 0 aliphatic rings. The molecule has 0 bridgehead atoms. The van der Waals surface area contributed by atoms with E-state index in [1.54, 1.807) is 43.5 Å². The highest BCUT2D eigenvalue weighted by Gasteiger charge is 2.21. The third-order valence-corrected chi connectivity index (χ3v) is 5.16. The Morgan fingerprint density at radius 2 is 1.68 bits per heavy atom. The minimum atomic E-state index is -4.14. The first-order valence-electron chi connectivity index (χ1n) is 8.21. The van der Waals surface area contributed by atoms with Crippen LogP contribution in [0.1, 0.15) is 15.9 Å². The quantitative estimate of drug-likeness (QED) is 0.460. The predicted octanol–water partition coefficient (Wildman–Crippen LogP) is 3.74. The lowest BCUT2D eigenvalue weighted by molar-refractivity contribution is 0.0600. The summed E-state index contributed by atoms with van der Waals surface area (Å²) in [7, 11) is -2.92. The van der Waals surface area contributed by atoms with Crippen LogP contribution in [0.15, 0.2) is 71.8 Å².